The zero-order valence-electron chi connectivity index (χ0n) is 10.5. The lowest BCUT2D eigenvalue weighted by atomic mass is 10.1. The molecule has 0 spiro atoms. The largest absolute Gasteiger partial charge is 0.389 e. The number of amides is 1. The van der Waals surface area contributed by atoms with Crippen LogP contribution in [0.25, 0.3) is 0 Å². The summed E-state index contributed by atoms with van der Waals surface area (Å²) in [6, 6.07) is 10.2. The lowest BCUT2D eigenvalue weighted by molar-refractivity contribution is 0.102. The summed E-state index contributed by atoms with van der Waals surface area (Å²) in [6.07, 6.45) is 0. The number of nitrogens with two attached hydrogens (primary N) is 1. The minimum absolute atomic E-state index is 0.192. The molecule has 108 valence electrons. The van der Waals surface area contributed by atoms with Gasteiger partial charge in [0, 0.05) is 19.5 Å². The third-order valence-electron chi connectivity index (χ3n) is 2.67. The van der Waals surface area contributed by atoms with E-state index in [9.17, 15) is 4.79 Å². The molecule has 0 saturated carbocycles. The van der Waals surface area contributed by atoms with Crippen molar-refractivity contribution in [3.05, 3.63) is 61.5 Å². The predicted molar refractivity (Wildman–Crippen MR) is 97.1 cm³/mol. The Kier molecular flexibility index (Phi) is 5.37. The molecule has 3 N–H and O–H groups in total. The first kappa shape index (κ1) is 16.4. The van der Waals surface area contributed by atoms with E-state index in [1.54, 1.807) is 36.4 Å². The Bertz CT molecular complexity index is 737. The zero-order valence-corrected chi connectivity index (χ0v) is 15.2. The molecule has 0 bridgehead atoms. The van der Waals surface area contributed by atoms with Crippen LogP contribution in [0.2, 0.25) is 5.02 Å². The Morgan fingerprint density at radius 2 is 1.81 bits per heavy atom. The number of carbonyl (C=O) groups is 1. The fourth-order valence-corrected chi connectivity index (χ4v) is 3.28. The molecule has 7 heteroatoms. The van der Waals surface area contributed by atoms with Crippen molar-refractivity contribution in [1.29, 1.82) is 0 Å². The normalized spacial score (nSPS) is 10.2. The van der Waals surface area contributed by atoms with Crippen molar-refractivity contribution in [3.63, 3.8) is 0 Å². The van der Waals surface area contributed by atoms with Crippen LogP contribution in [-0.4, -0.2) is 10.9 Å². The van der Waals surface area contributed by atoms with Gasteiger partial charge in [-0.25, -0.2) is 0 Å². The van der Waals surface area contributed by atoms with Gasteiger partial charge in [-0.05, 0) is 52.3 Å². The van der Waals surface area contributed by atoms with E-state index in [0.717, 1.165) is 4.47 Å². The summed E-state index contributed by atoms with van der Waals surface area (Å²) in [5.41, 5.74) is 7.19. The Labute approximate surface area is 149 Å². The molecule has 2 aromatic rings. The highest BCUT2D eigenvalue weighted by Crippen LogP contribution is 2.25. The van der Waals surface area contributed by atoms with Gasteiger partial charge < -0.3 is 11.1 Å². The minimum atomic E-state index is -0.283. The Hall–Kier alpha value is -0.950. The van der Waals surface area contributed by atoms with Crippen LogP contribution < -0.4 is 11.1 Å². The van der Waals surface area contributed by atoms with Gasteiger partial charge in [-0.3, -0.25) is 4.79 Å². The number of thiocarbonyl (C=S) groups is 1. The number of nitrogens with one attached hydrogen (secondary N) is 1. The molecule has 1 amide bonds. The number of anilines is 1. The molecule has 3 nitrogen and oxygen atoms in total. The molecule has 0 atom stereocenters. The maximum atomic E-state index is 12.3. The maximum absolute atomic E-state index is 12.3. The number of benzene rings is 2. The second-order valence-electron chi connectivity index (χ2n) is 4.13. The van der Waals surface area contributed by atoms with Crippen molar-refractivity contribution in [2.75, 3.05) is 5.32 Å². The first-order chi connectivity index (χ1) is 9.88. The SMILES string of the molecule is NC(=S)c1ccc(Cl)cc1NC(=O)c1ccc(Br)cc1Br. The first-order valence-corrected chi connectivity index (χ1v) is 8.11. The smallest absolute Gasteiger partial charge is 0.256 e. The van der Waals surface area contributed by atoms with Gasteiger partial charge in [-0.15, -0.1) is 0 Å². The van der Waals surface area contributed by atoms with E-state index in [2.05, 4.69) is 37.2 Å². The van der Waals surface area contributed by atoms with E-state index < -0.39 is 0 Å². The fraction of sp³-hybridized carbons (Fsp3) is 0. The summed E-state index contributed by atoms with van der Waals surface area (Å²) in [6.45, 7) is 0. The molecule has 0 aliphatic carbocycles. The summed E-state index contributed by atoms with van der Waals surface area (Å²) in [7, 11) is 0. The van der Waals surface area contributed by atoms with Crippen LogP contribution in [0.1, 0.15) is 15.9 Å². The van der Waals surface area contributed by atoms with Gasteiger partial charge in [0.25, 0.3) is 5.91 Å². The third kappa shape index (κ3) is 4.03. The zero-order chi connectivity index (χ0) is 15.6. The highest BCUT2D eigenvalue weighted by atomic mass is 79.9. The standard InChI is InChI=1S/C14H9Br2ClN2OS/c15-7-1-3-9(11(16)5-7)14(20)19-12-6-8(17)2-4-10(12)13(18)21/h1-6H,(H2,18,21)(H,19,20). The van der Waals surface area contributed by atoms with E-state index in [0.29, 0.717) is 26.3 Å². The van der Waals surface area contributed by atoms with Gasteiger partial charge in [0.2, 0.25) is 0 Å². The molecule has 0 aromatic heterocycles. The maximum Gasteiger partial charge on any atom is 0.256 e. The van der Waals surface area contributed by atoms with Crippen LogP contribution in [0.5, 0.6) is 0 Å². The number of halogens is 3. The van der Waals surface area contributed by atoms with E-state index >= 15 is 0 Å². The quantitative estimate of drug-likeness (QED) is 0.666. The first-order valence-electron chi connectivity index (χ1n) is 5.74. The molecular formula is C14H9Br2ClN2OS. The number of rotatable bonds is 3. The Morgan fingerprint density at radius 1 is 1.14 bits per heavy atom. The van der Waals surface area contributed by atoms with Crippen molar-refractivity contribution in [3.8, 4) is 0 Å². The highest BCUT2D eigenvalue weighted by Gasteiger charge is 2.14. The van der Waals surface area contributed by atoms with Gasteiger partial charge in [0.15, 0.2) is 0 Å². The number of hydrogen-bond acceptors (Lipinski definition) is 2. The van der Waals surface area contributed by atoms with Crippen LogP contribution in [0, 0.1) is 0 Å². The van der Waals surface area contributed by atoms with E-state index in [4.69, 9.17) is 29.6 Å². The molecule has 0 saturated heterocycles. The van der Waals surface area contributed by atoms with Crippen LogP contribution in [0.4, 0.5) is 5.69 Å². The van der Waals surface area contributed by atoms with Crippen LogP contribution in [0.15, 0.2) is 45.3 Å². The Morgan fingerprint density at radius 3 is 2.43 bits per heavy atom. The summed E-state index contributed by atoms with van der Waals surface area (Å²) >= 11 is 17.6. The van der Waals surface area contributed by atoms with Gasteiger partial charge in [0.1, 0.15) is 4.99 Å². The van der Waals surface area contributed by atoms with Gasteiger partial charge >= 0.3 is 0 Å². The molecule has 0 radical (unpaired) electrons. The number of hydrogen-bond donors (Lipinski definition) is 2. The van der Waals surface area contributed by atoms with Crippen molar-refractivity contribution < 1.29 is 4.79 Å². The lowest BCUT2D eigenvalue weighted by Crippen LogP contribution is -2.18. The molecule has 0 unspecified atom stereocenters. The molecule has 0 fully saturated rings. The van der Waals surface area contributed by atoms with Gasteiger partial charge in [-0.1, -0.05) is 39.7 Å². The number of carbonyl (C=O) groups excluding carboxylic acids is 1. The topological polar surface area (TPSA) is 55.1 Å². The van der Waals surface area contributed by atoms with Crippen LogP contribution >= 0.6 is 55.7 Å². The molecule has 2 aromatic carbocycles. The molecule has 21 heavy (non-hydrogen) atoms. The van der Waals surface area contributed by atoms with Crippen molar-refractivity contribution in [2.24, 2.45) is 5.73 Å². The van der Waals surface area contributed by atoms with Gasteiger partial charge in [-0.2, -0.15) is 0 Å². The average molecular weight is 449 g/mol. The summed E-state index contributed by atoms with van der Waals surface area (Å²) in [5.74, 6) is -0.283. The second kappa shape index (κ2) is 6.87. The average Bonchev–Trinajstić information content (AvgIpc) is 2.37. The summed E-state index contributed by atoms with van der Waals surface area (Å²) < 4.78 is 1.55. The second-order valence-corrected chi connectivity index (χ2v) is 6.78. The predicted octanol–water partition coefficient (Wildman–Crippen LogP) is 4.75. The highest BCUT2D eigenvalue weighted by molar-refractivity contribution is 9.11. The molecule has 0 heterocycles. The van der Waals surface area contributed by atoms with Crippen molar-refractivity contribution in [1.82, 2.24) is 0 Å². The summed E-state index contributed by atoms with van der Waals surface area (Å²) in [4.78, 5) is 12.5. The van der Waals surface area contributed by atoms with Crippen molar-refractivity contribution in [2.45, 2.75) is 0 Å². The molecule has 2 rings (SSSR count). The monoisotopic (exact) mass is 446 g/mol. The van der Waals surface area contributed by atoms with Gasteiger partial charge in [0.05, 0.1) is 11.3 Å². The van der Waals surface area contributed by atoms with Crippen molar-refractivity contribution >= 4 is 72.3 Å². The van der Waals surface area contributed by atoms with E-state index in [-0.39, 0.29) is 10.9 Å². The molecule has 0 aliphatic heterocycles. The fourth-order valence-electron chi connectivity index (χ4n) is 1.70. The third-order valence-corrected chi connectivity index (χ3v) is 4.28. The molecule has 0 aliphatic rings. The summed E-state index contributed by atoms with van der Waals surface area (Å²) in [5, 5.41) is 3.26. The Balaban J connectivity index is 2.35. The minimum Gasteiger partial charge on any atom is -0.389 e. The van der Waals surface area contributed by atoms with E-state index in [1.165, 1.54) is 0 Å². The lowest BCUT2D eigenvalue weighted by Gasteiger charge is -2.11. The molecular weight excluding hydrogens is 439 g/mol. The van der Waals surface area contributed by atoms with E-state index in [1.807, 2.05) is 0 Å². The van der Waals surface area contributed by atoms with Crippen LogP contribution in [0.3, 0.4) is 0 Å². The van der Waals surface area contributed by atoms with Crippen LogP contribution in [-0.2, 0) is 0 Å².